The molecular weight excluding hydrogens is 373 g/mol. The highest BCUT2D eigenvalue weighted by molar-refractivity contribution is 6.35. The number of anilines is 1. The van der Waals surface area contributed by atoms with Crippen LogP contribution in [0.15, 0.2) is 30.5 Å². The zero-order chi connectivity index (χ0) is 18.8. The predicted octanol–water partition coefficient (Wildman–Crippen LogP) is 4.00. The number of benzene rings is 1. The third-order valence-electron chi connectivity index (χ3n) is 4.10. The maximum Gasteiger partial charge on any atom is 0.246 e. The number of halogens is 2. The van der Waals surface area contributed by atoms with Crippen molar-refractivity contribution >= 4 is 34.8 Å². The molecule has 0 atom stereocenters. The summed E-state index contributed by atoms with van der Waals surface area (Å²) in [4.78, 5) is 12.3. The van der Waals surface area contributed by atoms with E-state index in [0.717, 1.165) is 22.6 Å². The van der Waals surface area contributed by atoms with Gasteiger partial charge in [0.2, 0.25) is 5.91 Å². The average molecular weight is 392 g/mol. The quantitative estimate of drug-likeness (QED) is 0.714. The van der Waals surface area contributed by atoms with E-state index < -0.39 is 0 Å². The van der Waals surface area contributed by atoms with Crippen molar-refractivity contribution in [3.8, 4) is 0 Å². The summed E-state index contributed by atoms with van der Waals surface area (Å²) < 4.78 is 3.39. The van der Waals surface area contributed by atoms with Gasteiger partial charge in [0.15, 0.2) is 0 Å². The Bertz CT molecular complexity index is 940. The van der Waals surface area contributed by atoms with Gasteiger partial charge in [-0.25, -0.2) is 0 Å². The van der Waals surface area contributed by atoms with Crippen LogP contribution in [0.25, 0.3) is 0 Å². The zero-order valence-corrected chi connectivity index (χ0v) is 16.3. The molecule has 2 heterocycles. The predicted molar refractivity (Wildman–Crippen MR) is 103 cm³/mol. The van der Waals surface area contributed by atoms with Gasteiger partial charge in [0, 0.05) is 21.8 Å². The van der Waals surface area contributed by atoms with Crippen LogP contribution in [-0.4, -0.2) is 25.5 Å². The first-order valence-electron chi connectivity index (χ1n) is 8.12. The van der Waals surface area contributed by atoms with Gasteiger partial charge in [-0.1, -0.05) is 29.3 Å². The number of nitrogens with zero attached hydrogens (tertiary/aromatic N) is 4. The van der Waals surface area contributed by atoms with Crippen molar-refractivity contribution in [1.82, 2.24) is 19.6 Å². The largest absolute Gasteiger partial charge is 0.321 e. The van der Waals surface area contributed by atoms with Crippen molar-refractivity contribution in [2.24, 2.45) is 0 Å². The van der Waals surface area contributed by atoms with Crippen molar-refractivity contribution in [3.63, 3.8) is 0 Å². The second-order valence-corrected chi connectivity index (χ2v) is 6.92. The third-order valence-corrected chi connectivity index (χ3v) is 4.80. The summed E-state index contributed by atoms with van der Waals surface area (Å²) in [6.07, 6.45) is 1.78. The third kappa shape index (κ3) is 3.92. The lowest BCUT2D eigenvalue weighted by atomic mass is 10.2. The normalized spacial score (nSPS) is 11.0. The molecule has 8 heteroatoms. The molecule has 3 rings (SSSR count). The summed E-state index contributed by atoms with van der Waals surface area (Å²) in [5.74, 6) is -0.158. The molecule has 1 N–H and O–H groups in total. The molecule has 26 heavy (non-hydrogen) atoms. The van der Waals surface area contributed by atoms with Crippen LogP contribution < -0.4 is 5.32 Å². The topological polar surface area (TPSA) is 64.7 Å². The highest BCUT2D eigenvalue weighted by Crippen LogP contribution is 2.27. The Hall–Kier alpha value is -2.31. The van der Waals surface area contributed by atoms with Crippen molar-refractivity contribution in [3.05, 3.63) is 63.2 Å². The van der Waals surface area contributed by atoms with Crippen LogP contribution in [0, 0.1) is 20.8 Å². The second kappa shape index (κ2) is 7.51. The van der Waals surface area contributed by atoms with Crippen molar-refractivity contribution < 1.29 is 4.79 Å². The molecule has 0 bridgehead atoms. The SMILES string of the molecule is Cc1ccn(CC(=O)Nc2c(C)nn(Cc3c(Cl)cccc3Cl)c2C)n1. The Morgan fingerprint density at radius 1 is 1.12 bits per heavy atom. The minimum absolute atomic E-state index is 0.147. The molecule has 0 saturated heterocycles. The number of carbonyl (C=O) groups is 1. The lowest BCUT2D eigenvalue weighted by Crippen LogP contribution is -2.20. The first-order chi connectivity index (χ1) is 12.3. The summed E-state index contributed by atoms with van der Waals surface area (Å²) in [5.41, 5.74) is 3.93. The van der Waals surface area contributed by atoms with E-state index in [1.54, 1.807) is 33.8 Å². The summed E-state index contributed by atoms with van der Waals surface area (Å²) in [7, 11) is 0. The monoisotopic (exact) mass is 391 g/mol. The van der Waals surface area contributed by atoms with Gasteiger partial charge in [-0.05, 0) is 39.0 Å². The minimum Gasteiger partial charge on any atom is -0.321 e. The Morgan fingerprint density at radius 3 is 2.42 bits per heavy atom. The molecule has 0 radical (unpaired) electrons. The van der Waals surface area contributed by atoms with Gasteiger partial charge in [-0.3, -0.25) is 14.2 Å². The fourth-order valence-electron chi connectivity index (χ4n) is 2.74. The molecule has 0 aliphatic heterocycles. The summed E-state index contributed by atoms with van der Waals surface area (Å²) >= 11 is 12.5. The Kier molecular flexibility index (Phi) is 5.34. The number of amides is 1. The average Bonchev–Trinajstić information content (AvgIpc) is 3.09. The van der Waals surface area contributed by atoms with E-state index in [1.165, 1.54) is 0 Å². The van der Waals surface area contributed by atoms with E-state index in [9.17, 15) is 4.79 Å². The standard InChI is InChI=1S/C18H19Cl2N5O/c1-11-7-8-24(22-11)10-17(26)21-18-12(2)23-25(13(18)3)9-14-15(19)5-4-6-16(14)20/h4-8H,9-10H2,1-3H3,(H,21,26). The zero-order valence-electron chi connectivity index (χ0n) is 14.8. The second-order valence-electron chi connectivity index (χ2n) is 6.11. The molecule has 1 amide bonds. The van der Waals surface area contributed by atoms with E-state index in [4.69, 9.17) is 23.2 Å². The molecule has 0 unspecified atom stereocenters. The van der Waals surface area contributed by atoms with Gasteiger partial charge in [0.1, 0.15) is 6.54 Å². The van der Waals surface area contributed by atoms with Crippen LogP contribution in [0.3, 0.4) is 0 Å². The molecule has 0 saturated carbocycles. The van der Waals surface area contributed by atoms with E-state index in [0.29, 0.717) is 22.3 Å². The highest BCUT2D eigenvalue weighted by Gasteiger charge is 2.16. The Labute approximate surface area is 161 Å². The minimum atomic E-state index is -0.158. The maximum atomic E-state index is 12.3. The fourth-order valence-corrected chi connectivity index (χ4v) is 3.26. The van der Waals surface area contributed by atoms with E-state index >= 15 is 0 Å². The molecule has 1 aromatic carbocycles. The number of carbonyl (C=O) groups excluding carboxylic acids is 1. The van der Waals surface area contributed by atoms with Gasteiger partial charge in [0.25, 0.3) is 0 Å². The van der Waals surface area contributed by atoms with Crippen molar-refractivity contribution in [2.75, 3.05) is 5.32 Å². The smallest absolute Gasteiger partial charge is 0.246 e. The van der Waals surface area contributed by atoms with Gasteiger partial charge in [-0.2, -0.15) is 10.2 Å². The van der Waals surface area contributed by atoms with Gasteiger partial charge in [-0.15, -0.1) is 0 Å². The highest BCUT2D eigenvalue weighted by atomic mass is 35.5. The number of rotatable bonds is 5. The number of aromatic nitrogens is 4. The van der Waals surface area contributed by atoms with Crippen LogP contribution in [0.2, 0.25) is 10.0 Å². The lowest BCUT2D eigenvalue weighted by Gasteiger charge is -2.10. The van der Waals surface area contributed by atoms with Crippen LogP contribution in [-0.2, 0) is 17.9 Å². The molecular formula is C18H19Cl2N5O. The number of aryl methyl sites for hydroxylation is 2. The van der Waals surface area contributed by atoms with E-state index in [2.05, 4.69) is 15.5 Å². The molecule has 0 spiro atoms. The summed E-state index contributed by atoms with van der Waals surface area (Å²) in [6, 6.07) is 7.25. The van der Waals surface area contributed by atoms with Crippen LogP contribution >= 0.6 is 23.2 Å². The summed E-state index contributed by atoms with van der Waals surface area (Å²) in [5, 5.41) is 12.8. The number of hydrogen-bond acceptors (Lipinski definition) is 3. The maximum absolute atomic E-state index is 12.3. The molecule has 0 aliphatic rings. The van der Waals surface area contributed by atoms with Crippen LogP contribution in [0.5, 0.6) is 0 Å². The number of hydrogen-bond donors (Lipinski definition) is 1. The number of nitrogens with one attached hydrogen (secondary N) is 1. The van der Waals surface area contributed by atoms with Crippen LogP contribution in [0.1, 0.15) is 22.6 Å². The first-order valence-corrected chi connectivity index (χ1v) is 8.87. The van der Waals surface area contributed by atoms with Gasteiger partial charge >= 0.3 is 0 Å². The van der Waals surface area contributed by atoms with E-state index in [1.807, 2.05) is 26.8 Å². The fraction of sp³-hybridized carbons (Fsp3) is 0.278. The lowest BCUT2D eigenvalue weighted by molar-refractivity contribution is -0.116. The molecule has 0 fully saturated rings. The first kappa shape index (κ1) is 18.5. The molecule has 136 valence electrons. The molecule has 2 aromatic heterocycles. The van der Waals surface area contributed by atoms with Crippen LogP contribution in [0.4, 0.5) is 5.69 Å². The van der Waals surface area contributed by atoms with Crippen molar-refractivity contribution in [1.29, 1.82) is 0 Å². The van der Waals surface area contributed by atoms with Crippen molar-refractivity contribution in [2.45, 2.75) is 33.9 Å². The molecule has 3 aromatic rings. The Morgan fingerprint density at radius 2 is 1.81 bits per heavy atom. The van der Waals surface area contributed by atoms with E-state index in [-0.39, 0.29) is 12.5 Å². The van der Waals surface area contributed by atoms with Gasteiger partial charge in [0.05, 0.1) is 29.3 Å². The molecule has 6 nitrogen and oxygen atoms in total. The summed E-state index contributed by atoms with van der Waals surface area (Å²) in [6.45, 7) is 6.21. The molecule has 0 aliphatic carbocycles. The Balaban J connectivity index is 1.78. The van der Waals surface area contributed by atoms with Gasteiger partial charge < -0.3 is 5.32 Å².